The van der Waals surface area contributed by atoms with Crippen LogP contribution < -0.4 is 10.5 Å². The third kappa shape index (κ3) is 2.80. The van der Waals surface area contributed by atoms with Crippen molar-refractivity contribution in [1.29, 1.82) is 0 Å². The highest BCUT2D eigenvalue weighted by Gasteiger charge is 2.41. The Balaban J connectivity index is 2.09. The Kier molecular flexibility index (Phi) is 3.64. The summed E-state index contributed by atoms with van der Waals surface area (Å²) in [5.74, 6) is -0.153. The number of benzene rings is 1. The molecular formula is C13H18N2O4. The molecule has 0 spiro atoms. The number of nitrogens with zero attached hydrogens (tertiary/aromatic N) is 1. The van der Waals surface area contributed by atoms with Gasteiger partial charge in [-0.25, -0.2) is 0 Å². The molecule has 1 aliphatic rings. The number of carboxylic acids is 1. The van der Waals surface area contributed by atoms with Gasteiger partial charge in [0.1, 0.15) is 17.0 Å². The standard InChI is InChI=1S/C13H18N2O4/c1-19-10-2-3-11(16)9(6-10)7-15-5-4-13(14,8-15)12(17)18/h2-3,6,16H,4-5,7-8,14H2,1H3,(H,17,18). The average Bonchev–Trinajstić information content (AvgIpc) is 2.75. The minimum atomic E-state index is -1.19. The van der Waals surface area contributed by atoms with Gasteiger partial charge >= 0.3 is 5.97 Å². The number of aromatic hydroxyl groups is 1. The van der Waals surface area contributed by atoms with Gasteiger partial charge < -0.3 is 20.7 Å². The number of likely N-dealkylation sites (tertiary alicyclic amines) is 1. The summed E-state index contributed by atoms with van der Waals surface area (Å²) >= 11 is 0. The predicted octanol–water partition coefficient (Wildman–Crippen LogP) is 0.389. The Morgan fingerprint density at radius 2 is 2.32 bits per heavy atom. The second-order valence-corrected chi connectivity index (χ2v) is 4.92. The zero-order valence-electron chi connectivity index (χ0n) is 10.8. The van der Waals surface area contributed by atoms with E-state index in [1.165, 1.54) is 0 Å². The summed E-state index contributed by atoms with van der Waals surface area (Å²) in [6, 6.07) is 4.98. The number of hydrogen-bond donors (Lipinski definition) is 3. The molecule has 1 aromatic rings. The van der Waals surface area contributed by atoms with E-state index in [1.54, 1.807) is 25.3 Å². The van der Waals surface area contributed by atoms with Gasteiger partial charge in [-0.1, -0.05) is 0 Å². The molecule has 0 amide bonds. The van der Waals surface area contributed by atoms with Crippen LogP contribution in [0.1, 0.15) is 12.0 Å². The van der Waals surface area contributed by atoms with E-state index in [0.29, 0.717) is 30.8 Å². The molecule has 1 atom stereocenters. The van der Waals surface area contributed by atoms with Crippen molar-refractivity contribution in [3.63, 3.8) is 0 Å². The molecule has 4 N–H and O–H groups in total. The van der Waals surface area contributed by atoms with Crippen LogP contribution >= 0.6 is 0 Å². The van der Waals surface area contributed by atoms with E-state index in [2.05, 4.69) is 0 Å². The quantitative estimate of drug-likeness (QED) is 0.729. The zero-order valence-corrected chi connectivity index (χ0v) is 10.8. The normalized spacial score (nSPS) is 23.5. The number of methoxy groups -OCH3 is 1. The molecule has 1 aromatic carbocycles. The first-order chi connectivity index (χ1) is 8.94. The second kappa shape index (κ2) is 5.07. The first-order valence-corrected chi connectivity index (χ1v) is 6.05. The van der Waals surface area contributed by atoms with Gasteiger partial charge in [-0.3, -0.25) is 9.69 Å². The minimum absolute atomic E-state index is 0.172. The summed E-state index contributed by atoms with van der Waals surface area (Å²) in [5, 5.41) is 18.9. The fraction of sp³-hybridized carbons (Fsp3) is 0.462. The predicted molar refractivity (Wildman–Crippen MR) is 69.1 cm³/mol. The highest BCUT2D eigenvalue weighted by Crippen LogP contribution is 2.27. The summed E-state index contributed by atoms with van der Waals surface area (Å²) in [7, 11) is 1.56. The van der Waals surface area contributed by atoms with Crippen LogP contribution in [0.5, 0.6) is 11.5 Å². The van der Waals surface area contributed by atoms with E-state index >= 15 is 0 Å². The van der Waals surface area contributed by atoms with Crippen LogP contribution in [0.25, 0.3) is 0 Å². The molecule has 104 valence electrons. The number of carboxylic acid groups (broad SMARTS) is 1. The maximum absolute atomic E-state index is 11.1. The molecule has 2 rings (SSSR count). The van der Waals surface area contributed by atoms with Crippen LogP contribution in [0, 0.1) is 0 Å². The van der Waals surface area contributed by atoms with E-state index < -0.39 is 11.5 Å². The lowest BCUT2D eigenvalue weighted by atomic mass is 10.0. The van der Waals surface area contributed by atoms with Crippen LogP contribution in [0.2, 0.25) is 0 Å². The van der Waals surface area contributed by atoms with Crippen LogP contribution in [-0.2, 0) is 11.3 Å². The molecule has 19 heavy (non-hydrogen) atoms. The SMILES string of the molecule is COc1ccc(O)c(CN2CCC(N)(C(=O)O)C2)c1. The fourth-order valence-corrected chi connectivity index (χ4v) is 2.28. The van der Waals surface area contributed by atoms with Crippen molar-refractivity contribution in [2.24, 2.45) is 5.73 Å². The molecule has 0 aromatic heterocycles. The van der Waals surface area contributed by atoms with Gasteiger partial charge in [0, 0.05) is 25.2 Å². The summed E-state index contributed by atoms with van der Waals surface area (Å²) in [6.07, 6.45) is 0.410. The molecule has 0 bridgehead atoms. The monoisotopic (exact) mass is 266 g/mol. The third-order valence-corrected chi connectivity index (χ3v) is 3.49. The Morgan fingerprint density at radius 3 is 2.89 bits per heavy atom. The largest absolute Gasteiger partial charge is 0.508 e. The number of phenols is 1. The van der Waals surface area contributed by atoms with Crippen LogP contribution in [-0.4, -0.2) is 46.8 Å². The molecule has 0 saturated carbocycles. The lowest BCUT2D eigenvalue weighted by Gasteiger charge is -2.20. The molecule has 6 nitrogen and oxygen atoms in total. The summed E-state index contributed by atoms with van der Waals surface area (Å²) in [5.41, 5.74) is 5.33. The molecule has 1 saturated heterocycles. The number of aliphatic carboxylic acids is 1. The third-order valence-electron chi connectivity index (χ3n) is 3.49. The second-order valence-electron chi connectivity index (χ2n) is 4.92. The minimum Gasteiger partial charge on any atom is -0.508 e. The molecule has 6 heteroatoms. The lowest BCUT2D eigenvalue weighted by Crippen LogP contribution is -2.50. The van der Waals surface area contributed by atoms with Crippen LogP contribution in [0.15, 0.2) is 18.2 Å². The van der Waals surface area contributed by atoms with Gasteiger partial charge in [0.25, 0.3) is 0 Å². The van der Waals surface area contributed by atoms with E-state index in [0.717, 1.165) is 0 Å². The molecule has 1 unspecified atom stereocenters. The summed E-state index contributed by atoms with van der Waals surface area (Å²) in [6.45, 7) is 1.33. The van der Waals surface area contributed by atoms with Gasteiger partial charge in [0.05, 0.1) is 7.11 Å². The molecule has 1 aliphatic heterocycles. The van der Waals surface area contributed by atoms with Crippen molar-refractivity contribution < 1.29 is 19.7 Å². The van der Waals surface area contributed by atoms with Gasteiger partial charge in [-0.15, -0.1) is 0 Å². The zero-order chi connectivity index (χ0) is 14.0. The highest BCUT2D eigenvalue weighted by atomic mass is 16.5. The summed E-state index contributed by atoms with van der Waals surface area (Å²) in [4.78, 5) is 13.0. The van der Waals surface area contributed by atoms with Crippen LogP contribution in [0.3, 0.4) is 0 Å². The number of ether oxygens (including phenoxy) is 1. The van der Waals surface area contributed by atoms with Crippen LogP contribution in [0.4, 0.5) is 0 Å². The number of rotatable bonds is 4. The van der Waals surface area contributed by atoms with Crippen molar-refractivity contribution in [1.82, 2.24) is 4.90 Å². The van der Waals surface area contributed by atoms with Crippen molar-refractivity contribution >= 4 is 5.97 Å². The molecule has 0 radical (unpaired) electrons. The molecular weight excluding hydrogens is 248 g/mol. The topological polar surface area (TPSA) is 96.0 Å². The summed E-state index contributed by atoms with van der Waals surface area (Å²) < 4.78 is 5.11. The molecule has 0 aliphatic carbocycles. The highest BCUT2D eigenvalue weighted by molar-refractivity contribution is 5.79. The Hall–Kier alpha value is -1.79. The Morgan fingerprint density at radius 1 is 1.58 bits per heavy atom. The fourth-order valence-electron chi connectivity index (χ4n) is 2.28. The van der Waals surface area contributed by atoms with Gasteiger partial charge in [0.2, 0.25) is 0 Å². The van der Waals surface area contributed by atoms with E-state index in [-0.39, 0.29) is 12.3 Å². The van der Waals surface area contributed by atoms with Crippen molar-refractivity contribution in [3.8, 4) is 11.5 Å². The maximum Gasteiger partial charge on any atom is 0.325 e. The number of nitrogens with two attached hydrogens (primary N) is 1. The molecule has 1 heterocycles. The smallest absolute Gasteiger partial charge is 0.325 e. The van der Waals surface area contributed by atoms with E-state index in [1.807, 2.05) is 4.90 Å². The first kappa shape index (κ1) is 13.6. The Labute approximate surface area is 111 Å². The number of hydrogen-bond acceptors (Lipinski definition) is 5. The lowest BCUT2D eigenvalue weighted by molar-refractivity contribution is -0.142. The first-order valence-electron chi connectivity index (χ1n) is 6.05. The van der Waals surface area contributed by atoms with E-state index in [4.69, 9.17) is 15.6 Å². The average molecular weight is 266 g/mol. The van der Waals surface area contributed by atoms with Gasteiger partial charge in [-0.2, -0.15) is 0 Å². The maximum atomic E-state index is 11.1. The molecule has 1 fully saturated rings. The van der Waals surface area contributed by atoms with E-state index in [9.17, 15) is 9.90 Å². The van der Waals surface area contributed by atoms with Crippen molar-refractivity contribution in [2.45, 2.75) is 18.5 Å². The number of carbonyl (C=O) groups is 1. The van der Waals surface area contributed by atoms with Gasteiger partial charge in [-0.05, 0) is 24.6 Å². The van der Waals surface area contributed by atoms with Gasteiger partial charge in [0.15, 0.2) is 0 Å². The Bertz CT molecular complexity index is 492. The number of phenolic OH excluding ortho intramolecular Hbond substituents is 1. The van der Waals surface area contributed by atoms with Crippen molar-refractivity contribution in [3.05, 3.63) is 23.8 Å². The van der Waals surface area contributed by atoms with Crippen molar-refractivity contribution in [2.75, 3.05) is 20.2 Å².